The van der Waals surface area contributed by atoms with Crippen LogP contribution >= 0.6 is 11.8 Å². The van der Waals surface area contributed by atoms with Crippen LogP contribution in [0.5, 0.6) is 0 Å². The van der Waals surface area contributed by atoms with E-state index in [4.69, 9.17) is 5.11 Å². The van der Waals surface area contributed by atoms with Crippen LogP contribution in [0, 0.1) is 0 Å². The Labute approximate surface area is 102 Å². The lowest BCUT2D eigenvalue weighted by Gasteiger charge is -2.19. The number of rotatable bonds is 5. The van der Waals surface area contributed by atoms with Gasteiger partial charge in [-0.25, -0.2) is 4.79 Å². The van der Waals surface area contributed by atoms with Gasteiger partial charge in [0.25, 0.3) is 0 Å². The lowest BCUT2D eigenvalue weighted by molar-refractivity contribution is 0.163. The predicted molar refractivity (Wildman–Crippen MR) is 67.8 cm³/mol. The molecular weight excluding hydrogens is 224 g/mol. The molecule has 1 aliphatic rings. The zero-order valence-electron chi connectivity index (χ0n) is 10.1. The fourth-order valence-electron chi connectivity index (χ4n) is 1.62. The molecule has 1 aliphatic heterocycles. The molecule has 1 heterocycles. The molecule has 5 heteroatoms. The number of nitrogens with one attached hydrogen (secondary N) is 1. The Hall–Kier alpha value is -0.420. The van der Waals surface area contributed by atoms with Crippen molar-refractivity contribution in [3.63, 3.8) is 0 Å². The summed E-state index contributed by atoms with van der Waals surface area (Å²) in [6.07, 6.45) is 2.76. The summed E-state index contributed by atoms with van der Waals surface area (Å²) in [4.78, 5) is 13.3. The number of aliphatic hydroxyl groups is 1. The number of hydrogen-bond donors (Lipinski definition) is 2. The van der Waals surface area contributed by atoms with Gasteiger partial charge >= 0.3 is 6.03 Å². The van der Waals surface area contributed by atoms with Crippen LogP contribution in [0.25, 0.3) is 0 Å². The highest BCUT2D eigenvalue weighted by Crippen LogP contribution is 2.25. The standard InChI is InChI=1S/C11H22N2O2S/c1-9(14)5-6-13(2)11(15)12-8-10-4-3-7-16-10/h9-10,14H,3-8H2,1-2H3,(H,12,15). The second-order valence-corrected chi connectivity index (χ2v) is 5.79. The highest BCUT2D eigenvalue weighted by Gasteiger charge is 2.17. The van der Waals surface area contributed by atoms with Gasteiger partial charge < -0.3 is 15.3 Å². The predicted octanol–water partition coefficient (Wildman–Crippen LogP) is 1.29. The van der Waals surface area contributed by atoms with E-state index in [0.717, 1.165) is 6.54 Å². The molecule has 0 radical (unpaired) electrons. The average molecular weight is 246 g/mol. The summed E-state index contributed by atoms with van der Waals surface area (Å²) in [5, 5.41) is 12.6. The second kappa shape index (κ2) is 7.01. The number of amides is 2. The molecule has 0 aromatic carbocycles. The monoisotopic (exact) mass is 246 g/mol. The quantitative estimate of drug-likeness (QED) is 0.768. The van der Waals surface area contributed by atoms with Gasteiger partial charge in [-0.1, -0.05) is 0 Å². The molecule has 1 rings (SSSR count). The largest absolute Gasteiger partial charge is 0.393 e. The van der Waals surface area contributed by atoms with Crippen LogP contribution in [0.2, 0.25) is 0 Å². The second-order valence-electron chi connectivity index (χ2n) is 4.38. The van der Waals surface area contributed by atoms with Crippen molar-refractivity contribution in [2.24, 2.45) is 0 Å². The van der Waals surface area contributed by atoms with Crippen LogP contribution in [-0.4, -0.2) is 53.3 Å². The third-order valence-electron chi connectivity index (χ3n) is 2.73. The Morgan fingerprint density at radius 3 is 3.00 bits per heavy atom. The fraction of sp³-hybridized carbons (Fsp3) is 0.909. The zero-order chi connectivity index (χ0) is 12.0. The summed E-state index contributed by atoms with van der Waals surface area (Å²) in [5.74, 6) is 1.22. The van der Waals surface area contributed by atoms with Gasteiger partial charge in [0, 0.05) is 25.4 Å². The minimum absolute atomic E-state index is 0.0341. The number of aliphatic hydroxyl groups excluding tert-OH is 1. The van der Waals surface area contributed by atoms with E-state index in [1.54, 1.807) is 18.9 Å². The molecule has 0 saturated carbocycles. The van der Waals surface area contributed by atoms with Crippen molar-refractivity contribution in [3.8, 4) is 0 Å². The highest BCUT2D eigenvalue weighted by molar-refractivity contribution is 8.00. The first kappa shape index (κ1) is 13.6. The topological polar surface area (TPSA) is 52.6 Å². The van der Waals surface area contributed by atoms with E-state index in [0.29, 0.717) is 18.2 Å². The molecular formula is C11H22N2O2S. The average Bonchev–Trinajstić information content (AvgIpc) is 2.75. The number of carbonyl (C=O) groups excluding carboxylic acids is 1. The number of nitrogens with zero attached hydrogens (tertiary/aromatic N) is 1. The smallest absolute Gasteiger partial charge is 0.317 e. The molecule has 94 valence electrons. The molecule has 2 atom stereocenters. The highest BCUT2D eigenvalue weighted by atomic mass is 32.2. The van der Waals surface area contributed by atoms with Crippen LogP contribution in [0.4, 0.5) is 4.79 Å². The molecule has 0 aromatic rings. The van der Waals surface area contributed by atoms with Gasteiger partial charge in [0.2, 0.25) is 0 Å². The van der Waals surface area contributed by atoms with Gasteiger partial charge in [-0.3, -0.25) is 0 Å². The maximum absolute atomic E-state index is 11.6. The van der Waals surface area contributed by atoms with E-state index in [2.05, 4.69) is 5.32 Å². The lowest BCUT2D eigenvalue weighted by atomic mass is 10.2. The van der Waals surface area contributed by atoms with Crippen molar-refractivity contribution in [2.45, 2.75) is 37.5 Å². The van der Waals surface area contributed by atoms with Gasteiger partial charge in [0.1, 0.15) is 0 Å². The third kappa shape index (κ3) is 5.07. The number of thioether (sulfide) groups is 1. The Balaban J connectivity index is 2.12. The van der Waals surface area contributed by atoms with Crippen LogP contribution in [-0.2, 0) is 0 Å². The van der Waals surface area contributed by atoms with E-state index in [1.165, 1.54) is 18.6 Å². The first-order valence-electron chi connectivity index (χ1n) is 5.88. The van der Waals surface area contributed by atoms with Gasteiger partial charge in [0.05, 0.1) is 6.10 Å². The third-order valence-corrected chi connectivity index (χ3v) is 4.13. The van der Waals surface area contributed by atoms with Crippen molar-refractivity contribution < 1.29 is 9.90 Å². The Morgan fingerprint density at radius 2 is 2.44 bits per heavy atom. The normalized spacial score (nSPS) is 21.8. The molecule has 0 bridgehead atoms. The summed E-state index contributed by atoms with van der Waals surface area (Å²) in [6, 6.07) is -0.0341. The van der Waals surface area contributed by atoms with Crippen molar-refractivity contribution >= 4 is 17.8 Å². The number of hydrogen-bond acceptors (Lipinski definition) is 3. The molecule has 0 aliphatic carbocycles. The summed E-state index contributed by atoms with van der Waals surface area (Å²) < 4.78 is 0. The molecule has 1 fully saturated rings. The van der Waals surface area contributed by atoms with E-state index in [1.807, 2.05) is 11.8 Å². The maximum Gasteiger partial charge on any atom is 0.317 e. The van der Waals surface area contributed by atoms with Crippen LogP contribution in [0.1, 0.15) is 26.2 Å². The molecule has 16 heavy (non-hydrogen) atoms. The van der Waals surface area contributed by atoms with Gasteiger partial charge in [-0.15, -0.1) is 0 Å². The van der Waals surface area contributed by atoms with Crippen molar-refractivity contribution in [1.82, 2.24) is 10.2 Å². The minimum Gasteiger partial charge on any atom is -0.393 e. The van der Waals surface area contributed by atoms with Crippen LogP contribution in [0.15, 0.2) is 0 Å². The molecule has 2 N–H and O–H groups in total. The summed E-state index contributed by atoms with van der Waals surface area (Å²) >= 11 is 1.94. The fourth-order valence-corrected chi connectivity index (χ4v) is 2.82. The Kier molecular flexibility index (Phi) is 5.98. The number of carbonyl (C=O) groups is 1. The SMILES string of the molecule is CC(O)CCN(C)C(=O)NCC1CCCS1. The minimum atomic E-state index is -0.347. The number of urea groups is 1. The van der Waals surface area contributed by atoms with Crippen molar-refractivity contribution in [2.75, 3.05) is 25.9 Å². The molecule has 0 spiro atoms. The van der Waals surface area contributed by atoms with Gasteiger partial charge in [-0.2, -0.15) is 11.8 Å². The summed E-state index contributed by atoms with van der Waals surface area (Å²) in [6.45, 7) is 3.10. The molecule has 2 amide bonds. The first-order valence-corrected chi connectivity index (χ1v) is 6.93. The molecule has 2 unspecified atom stereocenters. The van der Waals surface area contributed by atoms with E-state index in [-0.39, 0.29) is 12.1 Å². The molecule has 0 aromatic heterocycles. The van der Waals surface area contributed by atoms with Crippen LogP contribution in [0.3, 0.4) is 0 Å². The van der Waals surface area contributed by atoms with Crippen molar-refractivity contribution in [1.29, 1.82) is 0 Å². The molecule has 4 nitrogen and oxygen atoms in total. The van der Waals surface area contributed by atoms with Gasteiger partial charge in [0.15, 0.2) is 0 Å². The first-order chi connectivity index (χ1) is 7.59. The van der Waals surface area contributed by atoms with Gasteiger partial charge in [-0.05, 0) is 31.9 Å². The Bertz CT molecular complexity index is 218. The summed E-state index contributed by atoms with van der Waals surface area (Å²) in [5.41, 5.74) is 0. The molecule has 1 saturated heterocycles. The van der Waals surface area contributed by atoms with E-state index >= 15 is 0 Å². The van der Waals surface area contributed by atoms with Crippen molar-refractivity contribution in [3.05, 3.63) is 0 Å². The maximum atomic E-state index is 11.6. The zero-order valence-corrected chi connectivity index (χ0v) is 10.9. The van der Waals surface area contributed by atoms with E-state index < -0.39 is 0 Å². The lowest BCUT2D eigenvalue weighted by Crippen LogP contribution is -2.40. The van der Waals surface area contributed by atoms with E-state index in [9.17, 15) is 4.79 Å². The van der Waals surface area contributed by atoms with Crippen LogP contribution < -0.4 is 5.32 Å². The summed E-state index contributed by atoms with van der Waals surface area (Å²) in [7, 11) is 1.76. The Morgan fingerprint density at radius 1 is 1.69 bits per heavy atom.